The number of nitrogens with zero attached hydrogens (tertiary/aromatic N) is 4. The third kappa shape index (κ3) is 7.64. The second-order valence-corrected chi connectivity index (χ2v) is 10.6. The van der Waals surface area contributed by atoms with Gasteiger partial charge in [-0.1, -0.05) is 31.5 Å². The number of oxazole rings is 1. The fourth-order valence-electron chi connectivity index (χ4n) is 3.47. The molecule has 210 valence electrons. The number of Topliss-reactive ketones (excluding diaryl/α,β-unsaturated/α-hetero) is 1. The molecule has 1 N–H and O–H groups in total. The van der Waals surface area contributed by atoms with Crippen LogP contribution in [0.1, 0.15) is 45.0 Å². The summed E-state index contributed by atoms with van der Waals surface area (Å²) in [5, 5.41) is 8.31. The molecule has 0 aliphatic heterocycles. The summed E-state index contributed by atoms with van der Waals surface area (Å²) in [6, 6.07) is 12.8. The molecule has 5 rings (SSSR count). The van der Waals surface area contributed by atoms with Gasteiger partial charge in [-0.25, -0.2) is 13.8 Å². The van der Waals surface area contributed by atoms with E-state index in [-0.39, 0.29) is 27.9 Å². The Kier molecular flexibility index (Phi) is 9.61. The van der Waals surface area contributed by atoms with Crippen LogP contribution < -0.4 is 0 Å². The molecule has 0 radical (unpaired) electrons. The molecule has 0 fully saturated rings. The van der Waals surface area contributed by atoms with Gasteiger partial charge in [0.05, 0.1) is 4.90 Å². The lowest BCUT2D eigenvalue weighted by molar-refractivity contribution is -0.115. The highest BCUT2D eigenvalue weighted by Gasteiger charge is 2.19. The van der Waals surface area contributed by atoms with E-state index >= 15 is 0 Å². The van der Waals surface area contributed by atoms with E-state index in [1.165, 1.54) is 32.4 Å². The van der Waals surface area contributed by atoms with E-state index in [9.17, 15) is 22.0 Å². The predicted octanol–water partition coefficient (Wildman–Crippen LogP) is 6.29. The predicted molar refractivity (Wildman–Crippen MR) is 145 cm³/mol. The van der Waals surface area contributed by atoms with Crippen LogP contribution in [-0.2, 0) is 14.9 Å². The van der Waals surface area contributed by atoms with Gasteiger partial charge in [-0.05, 0) is 63.2 Å². The lowest BCUT2D eigenvalue weighted by atomic mass is 10.1. The molecule has 0 saturated carbocycles. The summed E-state index contributed by atoms with van der Waals surface area (Å²) in [5.41, 5.74) is 2.63. The maximum Gasteiger partial charge on any atom is 0.294 e. The molecular formula is C28H28F2N4O5S. The first-order valence-electron chi connectivity index (χ1n) is 12.0. The molecule has 0 spiro atoms. The molecule has 0 bridgehead atoms. The normalized spacial score (nSPS) is 11.0. The van der Waals surface area contributed by atoms with E-state index in [0.29, 0.717) is 17.0 Å². The third-order valence-corrected chi connectivity index (χ3v) is 6.14. The lowest BCUT2D eigenvalue weighted by Gasteiger charge is -2.06. The Morgan fingerprint density at radius 3 is 2.25 bits per heavy atom. The summed E-state index contributed by atoms with van der Waals surface area (Å²) >= 11 is 0. The first kappa shape index (κ1) is 30.3. The average Bonchev–Trinajstić information content (AvgIpc) is 3.52. The van der Waals surface area contributed by atoms with Crippen molar-refractivity contribution in [3.63, 3.8) is 0 Å². The van der Waals surface area contributed by atoms with Gasteiger partial charge in [0, 0.05) is 23.2 Å². The first-order chi connectivity index (χ1) is 18.8. The largest absolute Gasteiger partial charge is 0.443 e. The summed E-state index contributed by atoms with van der Waals surface area (Å²) in [6.07, 6.45) is 3.03. The van der Waals surface area contributed by atoms with Crippen LogP contribution in [0.2, 0.25) is 0 Å². The molecule has 0 aliphatic carbocycles. The summed E-state index contributed by atoms with van der Waals surface area (Å²) in [5.74, 6) is 0.399. The Balaban J connectivity index is 0.000000245. The minimum atomic E-state index is -4.02. The van der Waals surface area contributed by atoms with Crippen molar-refractivity contribution in [1.29, 1.82) is 0 Å². The van der Waals surface area contributed by atoms with Crippen molar-refractivity contribution < 1.29 is 31.0 Å². The Bertz CT molecular complexity index is 1730. The molecule has 3 aromatic heterocycles. The number of benzene rings is 2. The SMILES string of the molecule is CC(C)=O.CC(C)c1nnc2ccc(-c3ocnc3-c3cc(F)ccc3F)cn12.Cc1ccc(S(=O)(=O)O)cc1. The maximum atomic E-state index is 14.1. The van der Waals surface area contributed by atoms with Crippen molar-refractivity contribution in [3.05, 3.63) is 90.2 Å². The van der Waals surface area contributed by atoms with E-state index in [1.54, 1.807) is 24.3 Å². The van der Waals surface area contributed by atoms with Gasteiger partial charge in [0.25, 0.3) is 10.1 Å². The molecule has 5 aromatic rings. The molecular weight excluding hydrogens is 542 g/mol. The van der Waals surface area contributed by atoms with Crippen LogP contribution in [0.3, 0.4) is 0 Å². The summed E-state index contributed by atoms with van der Waals surface area (Å²) < 4.78 is 64.5. The van der Waals surface area contributed by atoms with E-state index in [4.69, 9.17) is 8.97 Å². The highest BCUT2D eigenvalue weighted by Crippen LogP contribution is 2.33. The fraction of sp³-hybridized carbons (Fsp3) is 0.214. The van der Waals surface area contributed by atoms with Crippen LogP contribution in [0.4, 0.5) is 8.78 Å². The van der Waals surface area contributed by atoms with Crippen LogP contribution >= 0.6 is 0 Å². The Morgan fingerprint density at radius 1 is 1.00 bits per heavy atom. The van der Waals surface area contributed by atoms with Gasteiger partial charge in [-0.2, -0.15) is 8.42 Å². The molecule has 40 heavy (non-hydrogen) atoms. The molecule has 0 atom stereocenters. The lowest BCUT2D eigenvalue weighted by Crippen LogP contribution is -1.97. The van der Waals surface area contributed by atoms with Gasteiger partial charge >= 0.3 is 0 Å². The summed E-state index contributed by atoms with van der Waals surface area (Å²) in [6.45, 7) is 8.93. The number of halogens is 2. The van der Waals surface area contributed by atoms with Crippen molar-refractivity contribution in [2.75, 3.05) is 0 Å². The van der Waals surface area contributed by atoms with Crippen LogP contribution in [0.5, 0.6) is 0 Å². The number of aromatic nitrogens is 4. The van der Waals surface area contributed by atoms with E-state index in [0.717, 1.165) is 29.6 Å². The summed E-state index contributed by atoms with van der Waals surface area (Å²) in [4.78, 5) is 13.5. The van der Waals surface area contributed by atoms with Crippen molar-refractivity contribution in [2.45, 2.75) is 45.4 Å². The minimum absolute atomic E-state index is 0.0525. The van der Waals surface area contributed by atoms with E-state index in [2.05, 4.69) is 15.2 Å². The van der Waals surface area contributed by atoms with Crippen LogP contribution in [0.15, 0.2) is 76.5 Å². The number of hydrogen-bond donors (Lipinski definition) is 1. The average molecular weight is 571 g/mol. The number of pyridine rings is 1. The Labute approximate surface area is 230 Å². The number of fused-ring (bicyclic) bond motifs is 1. The minimum Gasteiger partial charge on any atom is -0.443 e. The van der Waals surface area contributed by atoms with Gasteiger partial charge in [-0.15, -0.1) is 10.2 Å². The third-order valence-electron chi connectivity index (χ3n) is 5.28. The number of rotatable bonds is 4. The highest BCUT2D eigenvalue weighted by atomic mass is 32.2. The van der Waals surface area contributed by atoms with Gasteiger partial charge < -0.3 is 9.21 Å². The topological polar surface area (TPSA) is 128 Å². The molecule has 0 amide bonds. The van der Waals surface area contributed by atoms with E-state index < -0.39 is 21.8 Å². The second-order valence-electron chi connectivity index (χ2n) is 9.21. The maximum absolute atomic E-state index is 14.1. The second kappa shape index (κ2) is 12.7. The summed E-state index contributed by atoms with van der Waals surface area (Å²) in [7, 11) is -4.02. The van der Waals surface area contributed by atoms with Gasteiger partial charge in [0.1, 0.15) is 28.9 Å². The van der Waals surface area contributed by atoms with Gasteiger partial charge in [0.2, 0.25) is 0 Å². The Hall–Kier alpha value is -4.29. The highest BCUT2D eigenvalue weighted by molar-refractivity contribution is 7.85. The Morgan fingerprint density at radius 2 is 1.65 bits per heavy atom. The zero-order valence-electron chi connectivity index (χ0n) is 22.5. The number of hydrogen-bond acceptors (Lipinski definition) is 7. The monoisotopic (exact) mass is 570 g/mol. The molecule has 0 unspecified atom stereocenters. The quantitative estimate of drug-likeness (QED) is 0.250. The zero-order valence-corrected chi connectivity index (χ0v) is 23.3. The zero-order chi connectivity index (χ0) is 29.6. The number of carbonyl (C=O) groups excluding carboxylic acids is 1. The molecule has 12 heteroatoms. The van der Waals surface area contributed by atoms with Crippen molar-refractivity contribution in [1.82, 2.24) is 19.6 Å². The van der Waals surface area contributed by atoms with Crippen LogP contribution in [0, 0.1) is 18.6 Å². The van der Waals surface area contributed by atoms with Gasteiger partial charge in [-0.3, -0.25) is 8.95 Å². The number of ketones is 1. The molecule has 3 heterocycles. The molecule has 0 saturated heterocycles. The van der Waals surface area contributed by atoms with Crippen molar-refractivity contribution in [2.24, 2.45) is 0 Å². The molecule has 0 aliphatic rings. The van der Waals surface area contributed by atoms with Crippen LogP contribution in [-0.4, -0.2) is 38.3 Å². The van der Waals surface area contributed by atoms with Crippen molar-refractivity contribution >= 4 is 21.5 Å². The van der Waals surface area contributed by atoms with Gasteiger partial charge in [0.15, 0.2) is 17.8 Å². The van der Waals surface area contributed by atoms with E-state index in [1.807, 2.05) is 31.4 Å². The number of carbonyl (C=O) groups is 1. The van der Waals surface area contributed by atoms with Crippen molar-refractivity contribution in [3.8, 4) is 22.6 Å². The number of aryl methyl sites for hydroxylation is 1. The fourth-order valence-corrected chi connectivity index (χ4v) is 3.95. The standard InChI is InChI=1S/C18H14F2N4O.C7H8O3S.C3H6O/c1-10(2)18-23-22-15-6-3-11(8-24(15)18)17-16(21-9-25-17)13-7-12(19)4-5-14(13)20;1-6-2-4-7(5-3-6)11(8,9)10;1-3(2)4/h3-10H,1-2H3;2-5H,1H3,(H,8,9,10);1-2H3. The molecule has 9 nitrogen and oxygen atoms in total. The smallest absolute Gasteiger partial charge is 0.294 e. The van der Waals surface area contributed by atoms with Crippen LogP contribution in [0.25, 0.3) is 28.2 Å². The first-order valence-corrected chi connectivity index (χ1v) is 13.5. The molecule has 2 aromatic carbocycles.